The molecule has 0 amide bonds. The Labute approximate surface area is 180 Å². The van der Waals surface area contributed by atoms with E-state index in [2.05, 4.69) is 54.7 Å². The van der Waals surface area contributed by atoms with Crippen molar-refractivity contribution in [3.63, 3.8) is 0 Å². The molecular weight excluding hydrogens is 350 g/mol. The Hall–Kier alpha value is -1.50. The highest BCUT2D eigenvalue weighted by molar-refractivity contribution is 5.93. The SMILES string of the molecule is CCCCCCCCCCCCCCCCCCNc1cccc2ccccc12. The lowest BCUT2D eigenvalue weighted by molar-refractivity contribution is 0.530. The quantitative estimate of drug-likeness (QED) is 0.248. The second kappa shape index (κ2) is 16.3. The minimum Gasteiger partial charge on any atom is -0.385 e. The van der Waals surface area contributed by atoms with Gasteiger partial charge >= 0.3 is 0 Å². The van der Waals surface area contributed by atoms with Crippen LogP contribution in [0.25, 0.3) is 10.8 Å². The standard InChI is InChI=1S/C28H45N/c1-2-3-4-5-6-7-8-9-10-11-12-13-14-15-16-19-25-29-28-24-20-22-26-21-17-18-23-27(26)28/h17-18,20-24,29H,2-16,19,25H2,1H3. The molecule has 2 rings (SSSR count). The van der Waals surface area contributed by atoms with Crippen LogP contribution in [0.15, 0.2) is 42.5 Å². The topological polar surface area (TPSA) is 12.0 Å². The second-order valence-electron chi connectivity index (χ2n) is 8.76. The van der Waals surface area contributed by atoms with Crippen molar-refractivity contribution in [1.82, 2.24) is 0 Å². The number of hydrogen-bond acceptors (Lipinski definition) is 1. The molecule has 0 bridgehead atoms. The number of rotatable bonds is 18. The van der Waals surface area contributed by atoms with Gasteiger partial charge in [-0.05, 0) is 17.9 Å². The van der Waals surface area contributed by atoms with Crippen molar-refractivity contribution in [1.29, 1.82) is 0 Å². The van der Waals surface area contributed by atoms with Crippen molar-refractivity contribution in [2.24, 2.45) is 0 Å². The van der Waals surface area contributed by atoms with Crippen LogP contribution < -0.4 is 5.32 Å². The summed E-state index contributed by atoms with van der Waals surface area (Å²) in [7, 11) is 0. The van der Waals surface area contributed by atoms with E-state index in [1.165, 1.54) is 119 Å². The summed E-state index contributed by atoms with van der Waals surface area (Å²) in [6, 6.07) is 15.2. The lowest BCUT2D eigenvalue weighted by Gasteiger charge is -2.09. The summed E-state index contributed by atoms with van der Waals surface area (Å²) < 4.78 is 0. The van der Waals surface area contributed by atoms with Crippen LogP contribution in [0.1, 0.15) is 110 Å². The molecule has 0 atom stereocenters. The highest BCUT2D eigenvalue weighted by Crippen LogP contribution is 2.23. The summed E-state index contributed by atoms with van der Waals surface area (Å²) in [6.45, 7) is 3.39. The van der Waals surface area contributed by atoms with Crippen LogP contribution in [0.3, 0.4) is 0 Å². The van der Waals surface area contributed by atoms with E-state index in [0.29, 0.717) is 0 Å². The predicted octanol–water partition coefficient (Wildman–Crippen LogP) is 9.51. The zero-order valence-electron chi connectivity index (χ0n) is 19.1. The van der Waals surface area contributed by atoms with Crippen LogP contribution in [-0.4, -0.2) is 6.54 Å². The summed E-state index contributed by atoms with van der Waals surface area (Å²) in [5.41, 5.74) is 1.28. The Kier molecular flexibility index (Phi) is 13.4. The first-order valence-electron chi connectivity index (χ1n) is 12.6. The van der Waals surface area contributed by atoms with Gasteiger partial charge in [0.15, 0.2) is 0 Å². The van der Waals surface area contributed by atoms with E-state index in [1.54, 1.807) is 0 Å². The molecular formula is C28H45N. The molecule has 0 saturated carbocycles. The van der Waals surface area contributed by atoms with Gasteiger partial charge in [0.05, 0.1) is 0 Å². The van der Waals surface area contributed by atoms with Crippen LogP contribution in [0.2, 0.25) is 0 Å². The molecule has 0 aliphatic rings. The minimum atomic E-state index is 1.09. The van der Waals surface area contributed by atoms with Gasteiger partial charge in [0.25, 0.3) is 0 Å². The van der Waals surface area contributed by atoms with Crippen molar-refractivity contribution < 1.29 is 0 Å². The molecule has 1 heteroatoms. The fourth-order valence-corrected chi connectivity index (χ4v) is 4.28. The van der Waals surface area contributed by atoms with Crippen LogP contribution in [0.5, 0.6) is 0 Å². The fourth-order valence-electron chi connectivity index (χ4n) is 4.28. The Morgan fingerprint density at radius 1 is 0.517 bits per heavy atom. The molecule has 1 N–H and O–H groups in total. The van der Waals surface area contributed by atoms with E-state index in [1.807, 2.05) is 0 Å². The van der Waals surface area contributed by atoms with E-state index in [4.69, 9.17) is 0 Å². The maximum absolute atomic E-state index is 3.64. The van der Waals surface area contributed by atoms with E-state index in [-0.39, 0.29) is 0 Å². The van der Waals surface area contributed by atoms with Crippen molar-refractivity contribution >= 4 is 16.5 Å². The molecule has 0 aromatic heterocycles. The zero-order valence-corrected chi connectivity index (χ0v) is 19.1. The number of nitrogens with one attached hydrogen (secondary N) is 1. The Balaban J connectivity index is 1.35. The summed E-state index contributed by atoms with van der Waals surface area (Å²) in [5, 5.41) is 6.30. The lowest BCUT2D eigenvalue weighted by Crippen LogP contribution is -2.01. The zero-order chi connectivity index (χ0) is 20.4. The maximum Gasteiger partial charge on any atom is 0.0419 e. The van der Waals surface area contributed by atoms with E-state index in [9.17, 15) is 0 Å². The molecule has 0 aliphatic carbocycles. The maximum atomic E-state index is 3.64. The normalized spacial score (nSPS) is 11.2. The van der Waals surface area contributed by atoms with E-state index >= 15 is 0 Å². The average Bonchev–Trinajstić information content (AvgIpc) is 2.76. The van der Waals surface area contributed by atoms with Gasteiger partial charge in [0.2, 0.25) is 0 Å². The van der Waals surface area contributed by atoms with Crippen molar-refractivity contribution in [2.75, 3.05) is 11.9 Å². The Morgan fingerprint density at radius 2 is 1.00 bits per heavy atom. The summed E-state index contributed by atoms with van der Waals surface area (Å²) in [4.78, 5) is 0. The highest BCUT2D eigenvalue weighted by atomic mass is 14.9. The van der Waals surface area contributed by atoms with E-state index < -0.39 is 0 Å². The predicted molar refractivity (Wildman–Crippen MR) is 132 cm³/mol. The third-order valence-corrected chi connectivity index (χ3v) is 6.14. The fraction of sp³-hybridized carbons (Fsp3) is 0.643. The number of hydrogen-bond donors (Lipinski definition) is 1. The van der Waals surface area contributed by atoms with Crippen molar-refractivity contribution in [3.05, 3.63) is 42.5 Å². The first-order valence-corrected chi connectivity index (χ1v) is 12.6. The van der Waals surface area contributed by atoms with Crippen molar-refractivity contribution in [2.45, 2.75) is 110 Å². The van der Waals surface area contributed by atoms with Gasteiger partial charge in [0, 0.05) is 17.6 Å². The summed E-state index contributed by atoms with van der Waals surface area (Å²) in [5.74, 6) is 0. The number of fused-ring (bicyclic) bond motifs is 1. The molecule has 29 heavy (non-hydrogen) atoms. The molecule has 0 radical (unpaired) electrons. The molecule has 2 aromatic rings. The number of anilines is 1. The van der Waals surface area contributed by atoms with Gasteiger partial charge in [-0.2, -0.15) is 0 Å². The summed E-state index contributed by atoms with van der Waals surface area (Å²) in [6.07, 6.45) is 22.8. The summed E-state index contributed by atoms with van der Waals surface area (Å²) >= 11 is 0. The van der Waals surface area contributed by atoms with Gasteiger partial charge < -0.3 is 5.32 Å². The van der Waals surface area contributed by atoms with Gasteiger partial charge in [-0.15, -0.1) is 0 Å². The smallest absolute Gasteiger partial charge is 0.0419 e. The highest BCUT2D eigenvalue weighted by Gasteiger charge is 1.99. The molecule has 0 unspecified atom stereocenters. The van der Waals surface area contributed by atoms with Gasteiger partial charge in [-0.1, -0.05) is 140 Å². The lowest BCUT2D eigenvalue weighted by atomic mass is 10.0. The molecule has 162 valence electrons. The number of unbranched alkanes of at least 4 members (excludes halogenated alkanes) is 15. The molecule has 0 aliphatic heterocycles. The van der Waals surface area contributed by atoms with Crippen LogP contribution >= 0.6 is 0 Å². The van der Waals surface area contributed by atoms with Gasteiger partial charge in [-0.25, -0.2) is 0 Å². The first kappa shape index (κ1) is 23.8. The minimum absolute atomic E-state index is 1.09. The molecule has 1 nitrogen and oxygen atoms in total. The molecule has 0 fully saturated rings. The van der Waals surface area contributed by atoms with Crippen LogP contribution in [-0.2, 0) is 0 Å². The molecule has 0 spiro atoms. The Bertz CT molecular complexity index is 628. The Morgan fingerprint density at radius 3 is 1.59 bits per heavy atom. The largest absolute Gasteiger partial charge is 0.385 e. The molecule has 0 heterocycles. The monoisotopic (exact) mass is 395 g/mol. The van der Waals surface area contributed by atoms with Gasteiger partial charge in [-0.3, -0.25) is 0 Å². The molecule has 2 aromatic carbocycles. The number of benzene rings is 2. The van der Waals surface area contributed by atoms with Crippen LogP contribution in [0, 0.1) is 0 Å². The second-order valence-corrected chi connectivity index (χ2v) is 8.76. The third-order valence-electron chi connectivity index (χ3n) is 6.14. The first-order chi connectivity index (χ1) is 14.4. The van der Waals surface area contributed by atoms with Crippen molar-refractivity contribution in [3.8, 4) is 0 Å². The van der Waals surface area contributed by atoms with Gasteiger partial charge in [0.1, 0.15) is 0 Å². The average molecular weight is 396 g/mol. The van der Waals surface area contributed by atoms with E-state index in [0.717, 1.165) is 6.54 Å². The van der Waals surface area contributed by atoms with Crippen LogP contribution in [0.4, 0.5) is 5.69 Å². The molecule has 0 saturated heterocycles. The third kappa shape index (κ3) is 10.7.